The van der Waals surface area contributed by atoms with Crippen LogP contribution in [0.4, 0.5) is 5.69 Å². The van der Waals surface area contributed by atoms with Gasteiger partial charge in [0.25, 0.3) is 5.91 Å². The fourth-order valence-corrected chi connectivity index (χ4v) is 3.59. The number of rotatable bonds is 7. The predicted octanol–water partition coefficient (Wildman–Crippen LogP) is 5.43. The van der Waals surface area contributed by atoms with E-state index in [2.05, 4.69) is 28.2 Å². The number of hydrogen-bond donors (Lipinski definition) is 1. The molecule has 0 spiro atoms. The van der Waals surface area contributed by atoms with E-state index in [1.807, 2.05) is 26.0 Å². The minimum Gasteiger partial charge on any atom is -0.465 e. The molecule has 4 nitrogen and oxygen atoms in total. The highest BCUT2D eigenvalue weighted by Crippen LogP contribution is 2.28. The smallest absolute Gasteiger partial charge is 0.263 e. The molecule has 0 aliphatic carbocycles. The molecule has 0 aliphatic rings. The molecular weight excluding hydrogens is 394 g/mol. The van der Waals surface area contributed by atoms with Crippen molar-refractivity contribution in [2.75, 3.05) is 5.32 Å². The molecular formula is C21H26BrNO3. The van der Waals surface area contributed by atoms with E-state index in [4.69, 9.17) is 4.42 Å². The standard InChI is InChI=1S/C21H26BrNO3/c1-5-8-9-18-19(17(24)10-13(4)26-18)21(25)23-20-14(6-2)11-16(22)12-15(20)7-3/h10-12H,5-9H2,1-4H3,(H,23,25). The number of hydrogen-bond acceptors (Lipinski definition) is 3. The lowest BCUT2D eigenvalue weighted by Crippen LogP contribution is -2.24. The van der Waals surface area contributed by atoms with Crippen molar-refractivity contribution in [3.05, 3.63) is 61.1 Å². The first-order valence-electron chi connectivity index (χ1n) is 9.17. The molecule has 0 fully saturated rings. The Morgan fingerprint density at radius 2 is 1.73 bits per heavy atom. The summed E-state index contributed by atoms with van der Waals surface area (Å²) >= 11 is 3.52. The molecule has 2 aromatic rings. The summed E-state index contributed by atoms with van der Waals surface area (Å²) in [6.45, 7) is 7.89. The molecule has 0 aliphatic heterocycles. The molecule has 0 bridgehead atoms. The van der Waals surface area contributed by atoms with E-state index in [0.29, 0.717) is 17.9 Å². The molecule has 1 amide bonds. The summed E-state index contributed by atoms with van der Waals surface area (Å²) in [6, 6.07) is 5.39. The summed E-state index contributed by atoms with van der Waals surface area (Å²) in [5.41, 5.74) is 2.71. The van der Waals surface area contributed by atoms with E-state index in [-0.39, 0.29) is 11.0 Å². The van der Waals surface area contributed by atoms with Crippen LogP contribution in [-0.4, -0.2) is 5.91 Å². The molecule has 26 heavy (non-hydrogen) atoms. The highest BCUT2D eigenvalue weighted by atomic mass is 79.9. The molecule has 2 rings (SSSR count). The van der Waals surface area contributed by atoms with Crippen LogP contribution in [-0.2, 0) is 19.3 Å². The topological polar surface area (TPSA) is 59.3 Å². The largest absolute Gasteiger partial charge is 0.465 e. The van der Waals surface area contributed by atoms with Gasteiger partial charge in [-0.05, 0) is 49.4 Å². The van der Waals surface area contributed by atoms with Gasteiger partial charge in [0, 0.05) is 22.6 Å². The van der Waals surface area contributed by atoms with E-state index in [9.17, 15) is 9.59 Å². The predicted molar refractivity (Wildman–Crippen MR) is 109 cm³/mol. The minimum atomic E-state index is -0.392. The number of anilines is 1. The number of unbranched alkanes of at least 4 members (excludes halogenated alkanes) is 1. The molecule has 0 saturated carbocycles. The molecule has 0 radical (unpaired) electrons. The summed E-state index contributed by atoms with van der Waals surface area (Å²) in [5.74, 6) is 0.615. The van der Waals surface area contributed by atoms with Gasteiger partial charge in [-0.1, -0.05) is 43.1 Å². The number of aryl methyl sites for hydroxylation is 4. The average molecular weight is 420 g/mol. The number of halogens is 1. The maximum absolute atomic E-state index is 13.0. The summed E-state index contributed by atoms with van der Waals surface area (Å²) in [7, 11) is 0. The van der Waals surface area contributed by atoms with Crippen molar-refractivity contribution in [1.29, 1.82) is 0 Å². The molecule has 1 aromatic heterocycles. The summed E-state index contributed by atoms with van der Waals surface area (Å²) in [5, 5.41) is 2.98. The van der Waals surface area contributed by atoms with Crippen molar-refractivity contribution in [2.45, 2.75) is 59.8 Å². The van der Waals surface area contributed by atoms with Gasteiger partial charge in [-0.3, -0.25) is 9.59 Å². The first kappa shape index (κ1) is 20.4. The summed E-state index contributed by atoms with van der Waals surface area (Å²) in [4.78, 5) is 25.5. The van der Waals surface area contributed by atoms with Gasteiger partial charge < -0.3 is 9.73 Å². The number of amides is 1. The Hall–Kier alpha value is -1.88. The molecule has 5 heteroatoms. The van der Waals surface area contributed by atoms with Gasteiger partial charge in [0.05, 0.1) is 0 Å². The van der Waals surface area contributed by atoms with Crippen molar-refractivity contribution in [3.63, 3.8) is 0 Å². The third kappa shape index (κ3) is 4.64. The Kier molecular flexibility index (Phi) is 7.21. The van der Waals surface area contributed by atoms with Gasteiger partial charge in [0.15, 0.2) is 5.43 Å². The molecule has 0 saturated heterocycles. The van der Waals surface area contributed by atoms with Gasteiger partial charge in [0.1, 0.15) is 17.1 Å². The van der Waals surface area contributed by atoms with Gasteiger partial charge in [0.2, 0.25) is 0 Å². The van der Waals surface area contributed by atoms with Crippen molar-refractivity contribution in [2.24, 2.45) is 0 Å². The second-order valence-corrected chi connectivity index (χ2v) is 7.30. The Labute approximate surface area is 163 Å². The number of nitrogens with one attached hydrogen (secondary N) is 1. The quantitative estimate of drug-likeness (QED) is 0.650. The number of carbonyl (C=O) groups excluding carboxylic acids is 1. The van der Waals surface area contributed by atoms with Gasteiger partial charge in [-0.15, -0.1) is 0 Å². The van der Waals surface area contributed by atoms with Crippen LogP contribution in [0.2, 0.25) is 0 Å². The third-order valence-electron chi connectivity index (χ3n) is 4.40. The van der Waals surface area contributed by atoms with Crippen molar-refractivity contribution in [3.8, 4) is 0 Å². The third-order valence-corrected chi connectivity index (χ3v) is 4.85. The number of benzene rings is 1. The van der Waals surface area contributed by atoms with Crippen LogP contribution in [0.25, 0.3) is 0 Å². The fraction of sp³-hybridized carbons (Fsp3) is 0.429. The molecule has 1 N–H and O–H groups in total. The zero-order valence-electron chi connectivity index (χ0n) is 15.9. The zero-order chi connectivity index (χ0) is 19.3. The van der Waals surface area contributed by atoms with Crippen LogP contribution in [0.15, 0.2) is 31.9 Å². The van der Waals surface area contributed by atoms with Gasteiger partial charge >= 0.3 is 0 Å². The lowest BCUT2D eigenvalue weighted by Gasteiger charge is -2.16. The van der Waals surface area contributed by atoms with Crippen LogP contribution in [0.3, 0.4) is 0 Å². The van der Waals surface area contributed by atoms with Crippen molar-refractivity contribution in [1.82, 2.24) is 0 Å². The summed E-state index contributed by atoms with van der Waals surface area (Å²) < 4.78 is 6.70. The Morgan fingerprint density at radius 1 is 1.12 bits per heavy atom. The van der Waals surface area contributed by atoms with Gasteiger partial charge in [-0.2, -0.15) is 0 Å². The SMILES string of the molecule is CCCCc1oc(C)cc(=O)c1C(=O)Nc1c(CC)cc(Br)cc1CC. The summed E-state index contributed by atoms with van der Waals surface area (Å²) in [6.07, 6.45) is 3.98. The molecule has 1 heterocycles. The monoisotopic (exact) mass is 419 g/mol. The maximum Gasteiger partial charge on any atom is 0.263 e. The Morgan fingerprint density at radius 3 is 2.27 bits per heavy atom. The molecule has 0 atom stereocenters. The van der Waals surface area contributed by atoms with Crippen LogP contribution in [0.1, 0.15) is 66.6 Å². The van der Waals surface area contributed by atoms with E-state index < -0.39 is 5.91 Å². The fourth-order valence-electron chi connectivity index (χ4n) is 3.04. The van der Waals surface area contributed by atoms with Crippen LogP contribution in [0, 0.1) is 6.92 Å². The molecule has 1 aromatic carbocycles. The van der Waals surface area contributed by atoms with Crippen LogP contribution >= 0.6 is 15.9 Å². The second kappa shape index (κ2) is 9.17. The molecule has 0 unspecified atom stereocenters. The normalized spacial score (nSPS) is 10.8. The zero-order valence-corrected chi connectivity index (χ0v) is 17.5. The Balaban J connectivity index is 2.47. The second-order valence-electron chi connectivity index (χ2n) is 6.38. The van der Waals surface area contributed by atoms with E-state index in [1.54, 1.807) is 6.92 Å². The lowest BCUT2D eigenvalue weighted by atomic mass is 10.0. The Bertz CT molecular complexity index is 830. The van der Waals surface area contributed by atoms with Crippen LogP contribution < -0.4 is 10.7 Å². The van der Waals surface area contributed by atoms with Crippen molar-refractivity contribution < 1.29 is 9.21 Å². The first-order valence-corrected chi connectivity index (χ1v) is 9.96. The highest BCUT2D eigenvalue weighted by molar-refractivity contribution is 9.10. The first-order chi connectivity index (χ1) is 12.4. The maximum atomic E-state index is 13.0. The molecule has 140 valence electrons. The highest BCUT2D eigenvalue weighted by Gasteiger charge is 2.20. The lowest BCUT2D eigenvalue weighted by molar-refractivity contribution is 0.102. The number of carbonyl (C=O) groups is 1. The van der Waals surface area contributed by atoms with Gasteiger partial charge in [-0.25, -0.2) is 0 Å². The van der Waals surface area contributed by atoms with E-state index in [1.165, 1.54) is 6.07 Å². The van der Waals surface area contributed by atoms with E-state index >= 15 is 0 Å². The average Bonchev–Trinajstić information content (AvgIpc) is 2.60. The van der Waals surface area contributed by atoms with Crippen molar-refractivity contribution >= 4 is 27.5 Å². The minimum absolute atomic E-state index is 0.121. The van der Waals surface area contributed by atoms with Crippen LogP contribution in [0.5, 0.6) is 0 Å². The van der Waals surface area contributed by atoms with E-state index in [0.717, 1.165) is 47.0 Å².